The van der Waals surface area contributed by atoms with Gasteiger partial charge in [-0.25, -0.2) is 4.39 Å². The lowest BCUT2D eigenvalue weighted by molar-refractivity contribution is 0.0939. The molecule has 1 aromatic rings. The van der Waals surface area contributed by atoms with Gasteiger partial charge < -0.3 is 5.32 Å². The van der Waals surface area contributed by atoms with E-state index in [0.29, 0.717) is 24.1 Å². The van der Waals surface area contributed by atoms with E-state index in [1.54, 1.807) is 19.2 Å². The van der Waals surface area contributed by atoms with Crippen LogP contribution in [0.15, 0.2) is 18.2 Å². The molecule has 0 saturated carbocycles. The molecule has 0 atom stereocenters. The molecule has 0 aliphatic carbocycles. The molecule has 17 heavy (non-hydrogen) atoms. The summed E-state index contributed by atoms with van der Waals surface area (Å²) >= 11 is 0. The van der Waals surface area contributed by atoms with Gasteiger partial charge in [0, 0.05) is 24.1 Å². The van der Waals surface area contributed by atoms with E-state index in [0.717, 1.165) is 0 Å². The van der Waals surface area contributed by atoms with Gasteiger partial charge >= 0.3 is 0 Å². The molecule has 1 rings (SSSR count). The number of halogens is 1. The van der Waals surface area contributed by atoms with E-state index >= 15 is 0 Å². The molecular formula is C14H20FNO. The van der Waals surface area contributed by atoms with E-state index < -0.39 is 0 Å². The molecule has 0 amide bonds. The third-order valence-corrected chi connectivity index (χ3v) is 2.43. The molecule has 3 heteroatoms. The SMILES string of the molecule is CNCc1ccc(C(=O)CC(C)(C)C)cc1F. The summed E-state index contributed by atoms with van der Waals surface area (Å²) in [6, 6.07) is 4.70. The number of hydrogen-bond donors (Lipinski definition) is 1. The number of hydrogen-bond acceptors (Lipinski definition) is 2. The van der Waals surface area contributed by atoms with Crippen LogP contribution in [0.25, 0.3) is 0 Å². The molecular weight excluding hydrogens is 217 g/mol. The van der Waals surface area contributed by atoms with Crippen LogP contribution in [0, 0.1) is 11.2 Å². The van der Waals surface area contributed by atoms with Gasteiger partial charge in [0.05, 0.1) is 0 Å². The number of carbonyl (C=O) groups excluding carboxylic acids is 1. The summed E-state index contributed by atoms with van der Waals surface area (Å²) in [5, 5.41) is 2.89. The van der Waals surface area contributed by atoms with Crippen LogP contribution in [0.3, 0.4) is 0 Å². The number of carbonyl (C=O) groups is 1. The van der Waals surface area contributed by atoms with Gasteiger partial charge in [-0.05, 0) is 18.5 Å². The number of ketones is 1. The van der Waals surface area contributed by atoms with Gasteiger partial charge in [-0.1, -0.05) is 32.9 Å². The highest BCUT2D eigenvalue weighted by Crippen LogP contribution is 2.22. The zero-order valence-corrected chi connectivity index (χ0v) is 10.9. The molecule has 0 aliphatic rings. The van der Waals surface area contributed by atoms with Crippen molar-refractivity contribution in [3.05, 3.63) is 35.1 Å². The first-order chi connectivity index (χ1) is 7.83. The average molecular weight is 237 g/mol. The molecule has 0 heterocycles. The molecule has 1 aromatic carbocycles. The number of nitrogens with one attached hydrogen (secondary N) is 1. The van der Waals surface area contributed by atoms with Gasteiger partial charge in [-0.2, -0.15) is 0 Å². The fraction of sp³-hybridized carbons (Fsp3) is 0.500. The Morgan fingerprint density at radius 1 is 1.35 bits per heavy atom. The predicted molar refractivity (Wildman–Crippen MR) is 67.6 cm³/mol. The van der Waals surface area contributed by atoms with Crippen LogP contribution < -0.4 is 5.32 Å². The van der Waals surface area contributed by atoms with Gasteiger partial charge in [-0.15, -0.1) is 0 Å². The molecule has 2 nitrogen and oxygen atoms in total. The second-order valence-corrected chi connectivity index (χ2v) is 5.50. The van der Waals surface area contributed by atoms with Crippen LogP contribution >= 0.6 is 0 Å². The zero-order valence-electron chi connectivity index (χ0n) is 10.9. The van der Waals surface area contributed by atoms with Crippen LogP contribution in [0.1, 0.15) is 43.1 Å². The van der Waals surface area contributed by atoms with Crippen molar-refractivity contribution in [2.24, 2.45) is 5.41 Å². The molecule has 0 fully saturated rings. The van der Waals surface area contributed by atoms with Gasteiger partial charge in [0.1, 0.15) is 5.82 Å². The van der Waals surface area contributed by atoms with E-state index in [1.807, 2.05) is 20.8 Å². The molecule has 0 bridgehead atoms. The number of Topliss-reactive ketones (excluding diaryl/α,β-unsaturated/α-hetero) is 1. The van der Waals surface area contributed by atoms with Crippen molar-refractivity contribution in [3.63, 3.8) is 0 Å². The fourth-order valence-electron chi connectivity index (χ4n) is 1.64. The van der Waals surface area contributed by atoms with Gasteiger partial charge in [0.15, 0.2) is 5.78 Å². The van der Waals surface area contributed by atoms with Crippen LogP contribution in [-0.4, -0.2) is 12.8 Å². The summed E-state index contributed by atoms with van der Waals surface area (Å²) in [6.45, 7) is 6.46. The van der Waals surface area contributed by atoms with Crippen molar-refractivity contribution < 1.29 is 9.18 Å². The molecule has 1 N–H and O–H groups in total. The smallest absolute Gasteiger partial charge is 0.163 e. The Labute approximate surface area is 102 Å². The standard InChI is InChI=1S/C14H20FNO/c1-14(2,3)8-13(17)10-5-6-11(9-16-4)12(15)7-10/h5-7,16H,8-9H2,1-4H3. The summed E-state index contributed by atoms with van der Waals surface area (Å²) in [5.74, 6) is -0.327. The summed E-state index contributed by atoms with van der Waals surface area (Å²) < 4.78 is 13.6. The minimum atomic E-state index is -0.320. The highest BCUT2D eigenvalue weighted by atomic mass is 19.1. The number of benzene rings is 1. The molecule has 94 valence electrons. The maximum Gasteiger partial charge on any atom is 0.163 e. The van der Waals surface area contributed by atoms with E-state index in [4.69, 9.17) is 0 Å². The lowest BCUT2D eigenvalue weighted by atomic mass is 9.87. The Kier molecular flexibility index (Phi) is 4.40. The van der Waals surface area contributed by atoms with E-state index in [2.05, 4.69) is 5.32 Å². The highest BCUT2D eigenvalue weighted by molar-refractivity contribution is 5.96. The molecule has 0 spiro atoms. The van der Waals surface area contributed by atoms with Crippen molar-refractivity contribution in [2.45, 2.75) is 33.7 Å². The van der Waals surface area contributed by atoms with Crippen molar-refractivity contribution in [3.8, 4) is 0 Å². The highest BCUT2D eigenvalue weighted by Gasteiger charge is 2.18. The summed E-state index contributed by atoms with van der Waals surface area (Å²) in [6.07, 6.45) is 0.428. The van der Waals surface area contributed by atoms with E-state index in [-0.39, 0.29) is 17.0 Å². The first-order valence-electron chi connectivity index (χ1n) is 5.80. The fourth-order valence-corrected chi connectivity index (χ4v) is 1.64. The second-order valence-electron chi connectivity index (χ2n) is 5.50. The Bertz CT molecular complexity index is 407. The molecule has 0 aromatic heterocycles. The van der Waals surface area contributed by atoms with Crippen LogP contribution in [0.2, 0.25) is 0 Å². The minimum Gasteiger partial charge on any atom is -0.316 e. The lowest BCUT2D eigenvalue weighted by Gasteiger charge is -2.16. The minimum absolute atomic E-state index is 0.00703. The Hall–Kier alpha value is -1.22. The van der Waals surface area contributed by atoms with Crippen LogP contribution in [0.5, 0.6) is 0 Å². The van der Waals surface area contributed by atoms with Crippen molar-refractivity contribution in [1.29, 1.82) is 0 Å². The van der Waals surface area contributed by atoms with Crippen LogP contribution in [-0.2, 0) is 6.54 Å². The largest absolute Gasteiger partial charge is 0.316 e. The third-order valence-electron chi connectivity index (χ3n) is 2.43. The Morgan fingerprint density at radius 3 is 2.47 bits per heavy atom. The van der Waals surface area contributed by atoms with Crippen molar-refractivity contribution in [1.82, 2.24) is 5.32 Å². The predicted octanol–water partition coefficient (Wildman–Crippen LogP) is 3.16. The van der Waals surface area contributed by atoms with Gasteiger partial charge in [-0.3, -0.25) is 4.79 Å². The van der Waals surface area contributed by atoms with Crippen LogP contribution in [0.4, 0.5) is 4.39 Å². The zero-order chi connectivity index (χ0) is 13.1. The maximum absolute atomic E-state index is 13.6. The lowest BCUT2D eigenvalue weighted by Crippen LogP contribution is -2.14. The van der Waals surface area contributed by atoms with E-state index in [9.17, 15) is 9.18 Å². The second kappa shape index (κ2) is 5.41. The topological polar surface area (TPSA) is 29.1 Å². The maximum atomic E-state index is 13.6. The summed E-state index contributed by atoms with van der Waals surface area (Å²) in [7, 11) is 1.76. The summed E-state index contributed by atoms with van der Waals surface area (Å²) in [4.78, 5) is 11.9. The first kappa shape index (κ1) is 13.8. The first-order valence-corrected chi connectivity index (χ1v) is 5.80. The molecule has 0 unspecified atom stereocenters. The summed E-state index contributed by atoms with van der Waals surface area (Å²) in [5.41, 5.74) is 0.967. The molecule has 0 aliphatic heterocycles. The average Bonchev–Trinajstić information content (AvgIpc) is 2.18. The quantitative estimate of drug-likeness (QED) is 0.815. The van der Waals surface area contributed by atoms with Gasteiger partial charge in [0.25, 0.3) is 0 Å². The van der Waals surface area contributed by atoms with Crippen molar-refractivity contribution in [2.75, 3.05) is 7.05 Å². The van der Waals surface area contributed by atoms with E-state index in [1.165, 1.54) is 6.07 Å². The monoisotopic (exact) mass is 237 g/mol. The molecule has 0 saturated heterocycles. The Balaban J connectivity index is 2.86. The normalized spacial score (nSPS) is 11.6. The Morgan fingerprint density at radius 2 is 2.00 bits per heavy atom. The molecule has 0 radical (unpaired) electrons. The van der Waals surface area contributed by atoms with Crippen molar-refractivity contribution >= 4 is 5.78 Å². The number of rotatable bonds is 4. The van der Waals surface area contributed by atoms with Gasteiger partial charge in [0.2, 0.25) is 0 Å². The third kappa shape index (κ3) is 4.27.